The van der Waals surface area contributed by atoms with Crippen molar-refractivity contribution in [2.24, 2.45) is 11.8 Å². The van der Waals surface area contributed by atoms with Gasteiger partial charge < -0.3 is 9.47 Å². The molecule has 5 nitrogen and oxygen atoms in total. The third-order valence-electron chi connectivity index (χ3n) is 8.63. The molecule has 0 aromatic carbocycles. The molecule has 2 aliphatic carbocycles. The Balaban J connectivity index is 1.18. The molecule has 0 amide bonds. The molecule has 208 valence electrons. The maximum Gasteiger partial charge on any atom is 0.522 e. The average molecular weight is 521 g/mol. The van der Waals surface area contributed by atoms with Crippen LogP contribution in [0.15, 0.2) is 36.7 Å². The monoisotopic (exact) mass is 520 g/mol. The molecule has 0 saturated heterocycles. The number of rotatable bonds is 14. The fraction of sp³-hybridized carbons (Fsp3) is 0.667. The smallest absolute Gasteiger partial charge is 0.375 e. The number of hydrogen-bond acceptors (Lipinski definition) is 5. The van der Waals surface area contributed by atoms with Crippen LogP contribution in [0.2, 0.25) is 0 Å². The summed E-state index contributed by atoms with van der Waals surface area (Å²) >= 11 is 0. The number of carbonyl (C=O) groups is 1. The second-order valence-corrected chi connectivity index (χ2v) is 11.6. The lowest BCUT2D eigenvalue weighted by Gasteiger charge is -2.21. The number of aromatic nitrogens is 2. The van der Waals surface area contributed by atoms with Crippen molar-refractivity contribution >= 4 is 6.16 Å². The summed E-state index contributed by atoms with van der Waals surface area (Å²) in [6.45, 7) is 0. The van der Waals surface area contributed by atoms with Crippen LogP contribution >= 0.6 is 0 Å². The summed E-state index contributed by atoms with van der Waals surface area (Å²) in [6.07, 6.45) is 28.3. The summed E-state index contributed by atoms with van der Waals surface area (Å²) in [5.74, 6) is 2.58. The van der Waals surface area contributed by atoms with Crippen LogP contribution in [0, 0.1) is 11.8 Å². The SMILES string of the molecule is O=C(Oc1ncccc1CCCCCC1CCCCC1)Oc1ncccc1CCCCCC1CCCCC1. The zero-order valence-corrected chi connectivity index (χ0v) is 23.4. The molecule has 0 aliphatic heterocycles. The van der Waals surface area contributed by atoms with Crippen molar-refractivity contribution in [3.63, 3.8) is 0 Å². The normalized spacial score (nSPS) is 16.8. The van der Waals surface area contributed by atoms with Crippen molar-refractivity contribution in [2.75, 3.05) is 0 Å². The number of unbranched alkanes of at least 4 members (excludes halogenated alkanes) is 4. The summed E-state index contributed by atoms with van der Waals surface area (Å²) < 4.78 is 11.1. The van der Waals surface area contributed by atoms with Gasteiger partial charge in [-0.1, -0.05) is 115 Å². The van der Waals surface area contributed by atoms with Gasteiger partial charge in [-0.3, -0.25) is 0 Å². The molecule has 2 aromatic rings. The molecule has 2 aliphatic rings. The molecule has 2 fully saturated rings. The minimum Gasteiger partial charge on any atom is -0.375 e. The molecule has 2 saturated carbocycles. The van der Waals surface area contributed by atoms with Crippen molar-refractivity contribution in [2.45, 2.75) is 128 Å². The second-order valence-electron chi connectivity index (χ2n) is 11.6. The van der Waals surface area contributed by atoms with Gasteiger partial charge in [0.05, 0.1) is 0 Å². The highest BCUT2D eigenvalue weighted by Gasteiger charge is 2.17. The molecule has 0 spiro atoms. The molecule has 0 unspecified atom stereocenters. The Morgan fingerprint density at radius 1 is 0.632 bits per heavy atom. The minimum absolute atomic E-state index is 0.352. The van der Waals surface area contributed by atoms with E-state index in [0.29, 0.717) is 11.8 Å². The molecule has 0 N–H and O–H groups in total. The molecule has 0 atom stereocenters. The van der Waals surface area contributed by atoms with E-state index in [1.165, 1.54) is 103 Å². The van der Waals surface area contributed by atoms with Crippen molar-refractivity contribution in [3.05, 3.63) is 47.8 Å². The lowest BCUT2D eigenvalue weighted by Crippen LogP contribution is -2.17. The van der Waals surface area contributed by atoms with Crippen LogP contribution in [-0.2, 0) is 12.8 Å². The van der Waals surface area contributed by atoms with Crippen LogP contribution in [0.3, 0.4) is 0 Å². The zero-order valence-electron chi connectivity index (χ0n) is 23.4. The van der Waals surface area contributed by atoms with Crippen LogP contribution in [0.5, 0.6) is 11.8 Å². The van der Waals surface area contributed by atoms with Gasteiger partial charge in [0.1, 0.15) is 0 Å². The Labute approximate surface area is 230 Å². The Hall–Kier alpha value is -2.43. The predicted molar refractivity (Wildman–Crippen MR) is 153 cm³/mol. The first-order chi connectivity index (χ1) is 18.8. The topological polar surface area (TPSA) is 61.3 Å². The van der Waals surface area contributed by atoms with Crippen LogP contribution in [0.25, 0.3) is 0 Å². The third kappa shape index (κ3) is 10.0. The number of carbonyl (C=O) groups excluding carboxylic acids is 1. The van der Waals surface area contributed by atoms with Crippen LogP contribution < -0.4 is 9.47 Å². The summed E-state index contributed by atoms with van der Waals surface area (Å²) in [4.78, 5) is 21.3. The molecular weight excluding hydrogens is 472 g/mol. The molecule has 5 heteroatoms. The fourth-order valence-corrected chi connectivity index (χ4v) is 6.39. The summed E-state index contributed by atoms with van der Waals surface area (Å²) in [6, 6.07) is 7.80. The summed E-state index contributed by atoms with van der Waals surface area (Å²) in [5, 5.41) is 0. The average Bonchev–Trinajstić information content (AvgIpc) is 2.95. The highest BCUT2D eigenvalue weighted by Crippen LogP contribution is 2.29. The van der Waals surface area contributed by atoms with Gasteiger partial charge in [0.2, 0.25) is 11.8 Å². The molecule has 0 radical (unpaired) electrons. The quantitative estimate of drug-likeness (QED) is 0.183. The van der Waals surface area contributed by atoms with Crippen LogP contribution in [0.4, 0.5) is 4.79 Å². The molecule has 4 rings (SSSR count). The van der Waals surface area contributed by atoms with E-state index >= 15 is 0 Å². The van der Waals surface area contributed by atoms with E-state index < -0.39 is 6.16 Å². The number of hydrogen-bond donors (Lipinski definition) is 0. The number of nitrogens with zero attached hydrogens (tertiary/aromatic N) is 2. The second kappa shape index (κ2) is 16.5. The molecule has 0 bridgehead atoms. The van der Waals surface area contributed by atoms with Crippen molar-refractivity contribution in [1.82, 2.24) is 9.97 Å². The van der Waals surface area contributed by atoms with E-state index in [2.05, 4.69) is 9.97 Å². The lowest BCUT2D eigenvalue weighted by atomic mass is 9.85. The van der Waals surface area contributed by atoms with Gasteiger partial charge in [-0.05, 0) is 49.7 Å². The summed E-state index contributed by atoms with van der Waals surface area (Å²) in [5.41, 5.74) is 1.92. The zero-order chi connectivity index (χ0) is 26.3. The molecule has 2 aromatic heterocycles. The van der Waals surface area contributed by atoms with E-state index in [0.717, 1.165) is 48.6 Å². The fourth-order valence-electron chi connectivity index (χ4n) is 6.39. The van der Waals surface area contributed by atoms with E-state index in [1.54, 1.807) is 12.4 Å². The molecular formula is C33H48N2O3. The predicted octanol–water partition coefficient (Wildman–Crippen LogP) is 9.42. The van der Waals surface area contributed by atoms with Gasteiger partial charge in [-0.25, -0.2) is 14.8 Å². The Morgan fingerprint density at radius 2 is 1.08 bits per heavy atom. The Morgan fingerprint density at radius 3 is 1.53 bits per heavy atom. The standard InChI is InChI=1S/C33H48N2O3/c36-33(37-31-29(23-13-25-34-31)21-11-3-9-19-27-15-5-1-6-16-27)38-32-30(24-14-26-35-32)22-12-4-10-20-28-17-7-2-8-18-28/h13-14,23-28H,1-12,15-22H2. The lowest BCUT2D eigenvalue weighted by molar-refractivity contribution is 0.147. The van der Waals surface area contributed by atoms with Gasteiger partial charge in [-0.15, -0.1) is 0 Å². The van der Waals surface area contributed by atoms with Crippen LogP contribution in [-0.4, -0.2) is 16.1 Å². The number of pyridine rings is 2. The van der Waals surface area contributed by atoms with E-state index in [-0.39, 0.29) is 0 Å². The third-order valence-corrected chi connectivity index (χ3v) is 8.63. The van der Waals surface area contributed by atoms with E-state index in [1.807, 2.05) is 24.3 Å². The van der Waals surface area contributed by atoms with Gasteiger partial charge in [0.15, 0.2) is 0 Å². The molecule has 2 heterocycles. The van der Waals surface area contributed by atoms with Crippen molar-refractivity contribution in [3.8, 4) is 11.8 Å². The van der Waals surface area contributed by atoms with Gasteiger partial charge >= 0.3 is 6.16 Å². The Kier molecular flexibility index (Phi) is 12.4. The highest BCUT2D eigenvalue weighted by molar-refractivity contribution is 5.66. The largest absolute Gasteiger partial charge is 0.522 e. The van der Waals surface area contributed by atoms with Crippen molar-refractivity contribution < 1.29 is 14.3 Å². The van der Waals surface area contributed by atoms with Gasteiger partial charge in [0, 0.05) is 23.5 Å². The first kappa shape index (κ1) is 28.6. The first-order valence-electron chi connectivity index (χ1n) is 15.6. The highest BCUT2D eigenvalue weighted by atomic mass is 16.7. The molecule has 38 heavy (non-hydrogen) atoms. The maximum atomic E-state index is 12.7. The van der Waals surface area contributed by atoms with Gasteiger partial charge in [-0.2, -0.15) is 0 Å². The van der Waals surface area contributed by atoms with E-state index in [4.69, 9.17) is 9.47 Å². The number of ether oxygens (including phenoxy) is 2. The minimum atomic E-state index is -0.764. The maximum absolute atomic E-state index is 12.7. The Bertz CT molecular complexity index is 875. The summed E-state index contributed by atoms with van der Waals surface area (Å²) in [7, 11) is 0. The van der Waals surface area contributed by atoms with Gasteiger partial charge in [0.25, 0.3) is 0 Å². The van der Waals surface area contributed by atoms with Crippen molar-refractivity contribution in [1.29, 1.82) is 0 Å². The van der Waals surface area contributed by atoms with E-state index in [9.17, 15) is 4.79 Å². The van der Waals surface area contributed by atoms with Crippen LogP contribution in [0.1, 0.15) is 127 Å². The first-order valence-corrected chi connectivity index (χ1v) is 15.6. The number of aryl methyl sites for hydroxylation is 2.